The summed E-state index contributed by atoms with van der Waals surface area (Å²) in [6.07, 6.45) is 6.48. The second kappa shape index (κ2) is 6.23. The van der Waals surface area contributed by atoms with Crippen LogP contribution in [0.3, 0.4) is 0 Å². The smallest absolute Gasteiger partial charge is 0.175 e. The molecule has 0 aliphatic rings. The molecule has 1 aromatic heterocycles. The number of rotatable bonds is 5. The van der Waals surface area contributed by atoms with E-state index in [-0.39, 0.29) is 5.76 Å². The van der Waals surface area contributed by atoms with Crippen molar-refractivity contribution in [2.45, 2.75) is 26.8 Å². The molecule has 0 amide bonds. The highest BCUT2D eigenvalue weighted by atomic mass is 16.3. The summed E-state index contributed by atoms with van der Waals surface area (Å²) in [5.74, 6) is 1.24. The topological polar surface area (TPSA) is 38.1 Å². The number of hydrogen-bond donors (Lipinski definition) is 1. The first-order valence-electron chi connectivity index (χ1n) is 6.67. The molecule has 100 valence electrons. The van der Waals surface area contributed by atoms with Gasteiger partial charge in [0.05, 0.1) is 0 Å². The normalized spacial score (nSPS) is 13.5. The highest BCUT2D eigenvalue weighted by molar-refractivity contribution is 5.51. The number of allylic oxidation sites excluding steroid dienone is 1. The van der Waals surface area contributed by atoms with Crippen LogP contribution in [0.25, 0.3) is 5.76 Å². The van der Waals surface area contributed by atoms with E-state index >= 15 is 0 Å². The lowest BCUT2D eigenvalue weighted by atomic mass is 10.1. The van der Waals surface area contributed by atoms with Crippen molar-refractivity contribution in [3.63, 3.8) is 0 Å². The van der Waals surface area contributed by atoms with Gasteiger partial charge in [-0.3, -0.25) is 0 Å². The average molecular weight is 256 g/mol. The zero-order valence-electron chi connectivity index (χ0n) is 11.5. The van der Waals surface area contributed by atoms with Crippen LogP contribution in [0, 0.1) is 5.92 Å². The molecule has 2 aromatic rings. The fraction of sp³-hybridized carbons (Fsp3) is 0.312. The lowest BCUT2D eigenvalue weighted by Gasteiger charge is -2.09. The third-order valence-corrected chi connectivity index (χ3v) is 3.23. The van der Waals surface area contributed by atoms with Crippen LogP contribution < -0.4 is 0 Å². The van der Waals surface area contributed by atoms with Crippen LogP contribution in [0.5, 0.6) is 0 Å². The first-order valence-corrected chi connectivity index (χ1v) is 6.67. The van der Waals surface area contributed by atoms with Crippen molar-refractivity contribution in [2.75, 3.05) is 0 Å². The maximum Gasteiger partial charge on any atom is 0.175 e. The van der Waals surface area contributed by atoms with Crippen molar-refractivity contribution >= 4 is 5.76 Å². The van der Waals surface area contributed by atoms with E-state index in [1.165, 1.54) is 5.56 Å². The molecule has 3 nitrogen and oxygen atoms in total. The summed E-state index contributed by atoms with van der Waals surface area (Å²) in [7, 11) is 0. The maximum atomic E-state index is 10.1. The van der Waals surface area contributed by atoms with Crippen LogP contribution in [-0.2, 0) is 6.54 Å². The molecule has 0 fully saturated rings. The quantitative estimate of drug-likeness (QED) is 0.824. The van der Waals surface area contributed by atoms with Crippen LogP contribution in [-0.4, -0.2) is 14.7 Å². The van der Waals surface area contributed by atoms with Crippen molar-refractivity contribution in [3.8, 4) is 0 Å². The molecule has 0 bridgehead atoms. The SMILES string of the molecule is CC[C@@H](C)/C=C(\O)c1nccn1Cc1ccccc1. The van der Waals surface area contributed by atoms with Crippen LogP contribution in [0.4, 0.5) is 0 Å². The van der Waals surface area contributed by atoms with E-state index in [0.29, 0.717) is 18.3 Å². The molecule has 2 rings (SSSR count). The van der Waals surface area contributed by atoms with Gasteiger partial charge in [-0.05, 0) is 24.0 Å². The number of aromatic nitrogens is 2. The summed E-state index contributed by atoms with van der Waals surface area (Å²) in [6.45, 7) is 4.90. The van der Waals surface area contributed by atoms with Crippen molar-refractivity contribution in [1.82, 2.24) is 9.55 Å². The molecular formula is C16H20N2O. The highest BCUT2D eigenvalue weighted by Crippen LogP contribution is 2.15. The zero-order valence-corrected chi connectivity index (χ0v) is 11.5. The number of hydrogen-bond acceptors (Lipinski definition) is 2. The predicted molar refractivity (Wildman–Crippen MR) is 77.8 cm³/mol. The minimum atomic E-state index is 0.260. The molecule has 1 aromatic carbocycles. The third-order valence-electron chi connectivity index (χ3n) is 3.23. The van der Waals surface area contributed by atoms with Gasteiger partial charge in [0.25, 0.3) is 0 Å². The summed E-state index contributed by atoms with van der Waals surface area (Å²) in [5, 5.41) is 10.1. The highest BCUT2D eigenvalue weighted by Gasteiger charge is 2.09. The molecule has 0 radical (unpaired) electrons. The lowest BCUT2D eigenvalue weighted by molar-refractivity contribution is 0.489. The molecule has 1 heterocycles. The van der Waals surface area contributed by atoms with Gasteiger partial charge in [-0.2, -0.15) is 0 Å². The average Bonchev–Trinajstić information content (AvgIpc) is 2.88. The van der Waals surface area contributed by atoms with Gasteiger partial charge in [-0.1, -0.05) is 44.2 Å². The Labute approximate surface area is 114 Å². The zero-order chi connectivity index (χ0) is 13.7. The molecule has 1 N–H and O–H groups in total. The van der Waals surface area contributed by atoms with Crippen molar-refractivity contribution < 1.29 is 5.11 Å². The van der Waals surface area contributed by atoms with Gasteiger partial charge in [0.2, 0.25) is 0 Å². The van der Waals surface area contributed by atoms with Crippen molar-refractivity contribution in [1.29, 1.82) is 0 Å². The summed E-state index contributed by atoms with van der Waals surface area (Å²) < 4.78 is 1.96. The minimum absolute atomic E-state index is 0.260. The molecular weight excluding hydrogens is 236 g/mol. The number of aliphatic hydroxyl groups excluding tert-OH is 1. The second-order valence-corrected chi connectivity index (χ2v) is 4.80. The number of aliphatic hydroxyl groups is 1. The molecule has 0 saturated carbocycles. The molecule has 0 spiro atoms. The summed E-state index contributed by atoms with van der Waals surface area (Å²) >= 11 is 0. The molecule has 3 heteroatoms. The Bertz CT molecular complexity index is 543. The Kier molecular flexibility index (Phi) is 4.39. The number of nitrogens with zero attached hydrogens (tertiary/aromatic N) is 2. The van der Waals surface area contributed by atoms with Gasteiger partial charge in [-0.25, -0.2) is 4.98 Å². The van der Waals surface area contributed by atoms with E-state index in [1.54, 1.807) is 6.20 Å². The Hall–Kier alpha value is -2.03. The summed E-state index contributed by atoms with van der Waals surface area (Å²) in [6, 6.07) is 10.2. The van der Waals surface area contributed by atoms with E-state index in [9.17, 15) is 5.11 Å². The predicted octanol–water partition coefficient (Wildman–Crippen LogP) is 3.88. The molecule has 0 saturated heterocycles. The van der Waals surface area contributed by atoms with Crippen molar-refractivity contribution in [3.05, 3.63) is 60.2 Å². The first-order chi connectivity index (χ1) is 9.20. The number of benzene rings is 1. The van der Waals surface area contributed by atoms with Crippen LogP contribution in [0.2, 0.25) is 0 Å². The molecule has 0 aliphatic heterocycles. The van der Waals surface area contributed by atoms with Crippen LogP contribution >= 0.6 is 0 Å². The van der Waals surface area contributed by atoms with E-state index in [2.05, 4.69) is 31.0 Å². The van der Waals surface area contributed by atoms with E-state index in [0.717, 1.165) is 6.42 Å². The minimum Gasteiger partial charge on any atom is -0.504 e. The molecule has 1 atom stereocenters. The third kappa shape index (κ3) is 3.47. The van der Waals surface area contributed by atoms with E-state index < -0.39 is 0 Å². The van der Waals surface area contributed by atoms with E-state index in [4.69, 9.17) is 0 Å². The monoisotopic (exact) mass is 256 g/mol. The first kappa shape index (κ1) is 13.4. The lowest BCUT2D eigenvalue weighted by Crippen LogP contribution is -2.04. The van der Waals surface area contributed by atoms with E-state index in [1.807, 2.05) is 35.0 Å². The number of imidazole rings is 1. The summed E-state index contributed by atoms with van der Waals surface area (Å²) in [5.41, 5.74) is 1.19. The van der Waals surface area contributed by atoms with Gasteiger partial charge >= 0.3 is 0 Å². The van der Waals surface area contributed by atoms with Crippen LogP contribution in [0.15, 0.2) is 48.8 Å². The van der Waals surface area contributed by atoms with Crippen molar-refractivity contribution in [2.24, 2.45) is 5.92 Å². The Morgan fingerprint density at radius 2 is 2.11 bits per heavy atom. The standard InChI is InChI=1S/C16H20N2O/c1-3-13(2)11-15(19)16-17-9-10-18(16)12-14-7-5-4-6-8-14/h4-11,13,19H,3,12H2,1-2H3/b15-11-/t13-/m1/s1. The van der Waals surface area contributed by atoms with Gasteiger partial charge in [-0.15, -0.1) is 0 Å². The van der Waals surface area contributed by atoms with Crippen LogP contribution in [0.1, 0.15) is 31.7 Å². The maximum absolute atomic E-state index is 10.1. The molecule has 19 heavy (non-hydrogen) atoms. The molecule has 0 aliphatic carbocycles. The Morgan fingerprint density at radius 1 is 1.37 bits per heavy atom. The Balaban J connectivity index is 2.21. The fourth-order valence-electron chi connectivity index (χ4n) is 1.91. The van der Waals surface area contributed by atoms with Gasteiger partial charge < -0.3 is 9.67 Å². The van der Waals surface area contributed by atoms with Gasteiger partial charge in [0, 0.05) is 18.9 Å². The Morgan fingerprint density at radius 3 is 2.79 bits per heavy atom. The van der Waals surface area contributed by atoms with Gasteiger partial charge in [0.1, 0.15) is 0 Å². The van der Waals surface area contributed by atoms with Gasteiger partial charge in [0.15, 0.2) is 11.6 Å². The molecule has 0 unspecified atom stereocenters. The summed E-state index contributed by atoms with van der Waals surface area (Å²) in [4.78, 5) is 4.24. The fourth-order valence-corrected chi connectivity index (χ4v) is 1.91. The largest absolute Gasteiger partial charge is 0.504 e. The second-order valence-electron chi connectivity index (χ2n) is 4.80.